The van der Waals surface area contributed by atoms with Crippen molar-refractivity contribution in [1.82, 2.24) is 4.98 Å². The van der Waals surface area contributed by atoms with Gasteiger partial charge in [0, 0.05) is 18.1 Å². The lowest BCUT2D eigenvalue weighted by molar-refractivity contribution is 0.838. The number of nitrogens with one attached hydrogen (secondary N) is 1. The average molecular weight is 195 g/mol. The van der Waals surface area contributed by atoms with Crippen LogP contribution in [0, 0.1) is 28.6 Å². The molecule has 0 spiro atoms. The van der Waals surface area contributed by atoms with Crippen LogP contribution in [-0.2, 0) is 6.42 Å². The number of para-hydroxylation sites is 1. The number of hydrogen-bond acceptors (Lipinski definition) is 2. The molecule has 1 aromatic heterocycles. The number of aromatic amines is 1. The Kier molecular flexibility index (Phi) is 2.39. The molecule has 0 aliphatic heterocycles. The van der Waals surface area contributed by atoms with Crippen molar-refractivity contribution in [3.05, 3.63) is 36.0 Å². The zero-order valence-corrected chi connectivity index (χ0v) is 8.07. The van der Waals surface area contributed by atoms with E-state index in [4.69, 9.17) is 10.5 Å². The summed E-state index contributed by atoms with van der Waals surface area (Å²) in [6, 6.07) is 11.8. The van der Waals surface area contributed by atoms with Gasteiger partial charge < -0.3 is 4.98 Å². The van der Waals surface area contributed by atoms with Crippen LogP contribution < -0.4 is 0 Å². The summed E-state index contributed by atoms with van der Waals surface area (Å²) in [5.41, 5.74) is 2.04. The third-order valence-electron chi connectivity index (χ3n) is 2.41. The zero-order chi connectivity index (χ0) is 10.7. The number of hydrogen-bond donors (Lipinski definition) is 1. The standard InChI is InChI=1S/C12H9N3/c13-7-9(8-14)6-11-3-1-2-10-4-5-15-12(10)11/h1-5,9,15H,6H2. The van der Waals surface area contributed by atoms with Crippen LogP contribution in [0.25, 0.3) is 10.9 Å². The van der Waals surface area contributed by atoms with E-state index in [9.17, 15) is 0 Å². The Hall–Kier alpha value is -2.26. The minimum Gasteiger partial charge on any atom is -0.361 e. The molecule has 1 heterocycles. The number of H-pyrrole nitrogens is 1. The van der Waals surface area contributed by atoms with E-state index in [0.29, 0.717) is 6.42 Å². The van der Waals surface area contributed by atoms with Crippen LogP contribution in [0.1, 0.15) is 5.56 Å². The van der Waals surface area contributed by atoms with Crippen LogP contribution in [0.4, 0.5) is 0 Å². The number of fused-ring (bicyclic) bond motifs is 1. The van der Waals surface area contributed by atoms with Crippen molar-refractivity contribution in [3.63, 3.8) is 0 Å². The molecular formula is C12H9N3. The maximum absolute atomic E-state index is 8.73. The first-order valence-corrected chi connectivity index (χ1v) is 4.69. The highest BCUT2D eigenvalue weighted by Crippen LogP contribution is 2.19. The summed E-state index contributed by atoms with van der Waals surface area (Å²) in [5, 5.41) is 18.6. The fourth-order valence-corrected chi connectivity index (χ4v) is 1.66. The molecule has 3 nitrogen and oxygen atoms in total. The number of nitriles is 2. The molecule has 2 aromatic rings. The molecule has 0 unspecified atom stereocenters. The molecule has 1 N–H and O–H groups in total. The maximum Gasteiger partial charge on any atom is 0.137 e. The van der Waals surface area contributed by atoms with Crippen molar-refractivity contribution < 1.29 is 0 Å². The highest BCUT2D eigenvalue weighted by atomic mass is 14.7. The van der Waals surface area contributed by atoms with E-state index >= 15 is 0 Å². The van der Waals surface area contributed by atoms with Crippen LogP contribution in [0.15, 0.2) is 30.5 Å². The van der Waals surface area contributed by atoms with Gasteiger partial charge in [-0.2, -0.15) is 10.5 Å². The highest BCUT2D eigenvalue weighted by molar-refractivity contribution is 5.82. The van der Waals surface area contributed by atoms with Crippen LogP contribution in [0.5, 0.6) is 0 Å². The summed E-state index contributed by atoms with van der Waals surface area (Å²) < 4.78 is 0. The first-order valence-electron chi connectivity index (χ1n) is 4.69. The van der Waals surface area contributed by atoms with E-state index < -0.39 is 5.92 Å². The van der Waals surface area contributed by atoms with Gasteiger partial charge in [-0.3, -0.25) is 0 Å². The second-order valence-corrected chi connectivity index (χ2v) is 3.37. The van der Waals surface area contributed by atoms with Crippen molar-refractivity contribution in [2.75, 3.05) is 0 Å². The third-order valence-corrected chi connectivity index (χ3v) is 2.41. The molecule has 0 radical (unpaired) electrons. The van der Waals surface area contributed by atoms with Crippen molar-refractivity contribution in [2.24, 2.45) is 5.92 Å². The molecule has 0 amide bonds. The Morgan fingerprint density at radius 3 is 2.73 bits per heavy atom. The van der Waals surface area contributed by atoms with Gasteiger partial charge >= 0.3 is 0 Å². The average Bonchev–Trinajstić information content (AvgIpc) is 2.74. The summed E-state index contributed by atoms with van der Waals surface area (Å²) >= 11 is 0. The molecule has 0 aliphatic rings. The predicted octanol–water partition coefficient (Wildman–Crippen LogP) is 2.37. The number of nitrogens with zero attached hydrogens (tertiary/aromatic N) is 2. The predicted molar refractivity (Wildman–Crippen MR) is 56.7 cm³/mol. The van der Waals surface area contributed by atoms with Crippen molar-refractivity contribution in [1.29, 1.82) is 10.5 Å². The van der Waals surface area contributed by atoms with E-state index in [1.807, 2.05) is 42.6 Å². The summed E-state index contributed by atoms with van der Waals surface area (Å²) in [6.07, 6.45) is 2.34. The topological polar surface area (TPSA) is 63.4 Å². The normalized spacial score (nSPS) is 10.1. The lowest BCUT2D eigenvalue weighted by atomic mass is 10.0. The Labute approximate surface area is 87.6 Å². The molecule has 72 valence electrons. The second kappa shape index (κ2) is 3.86. The van der Waals surface area contributed by atoms with Gasteiger partial charge in [0.05, 0.1) is 12.1 Å². The van der Waals surface area contributed by atoms with E-state index in [2.05, 4.69) is 4.98 Å². The smallest absolute Gasteiger partial charge is 0.137 e. The minimum absolute atomic E-state index is 0.477. The van der Waals surface area contributed by atoms with Crippen molar-refractivity contribution in [3.8, 4) is 12.1 Å². The summed E-state index contributed by atoms with van der Waals surface area (Å²) in [6.45, 7) is 0. The largest absolute Gasteiger partial charge is 0.361 e. The van der Waals surface area contributed by atoms with Gasteiger partial charge in [-0.15, -0.1) is 0 Å². The monoisotopic (exact) mass is 195 g/mol. The molecule has 2 rings (SSSR count). The molecule has 0 saturated carbocycles. The molecular weight excluding hydrogens is 186 g/mol. The lowest BCUT2D eigenvalue weighted by Gasteiger charge is -2.02. The Balaban J connectivity index is 2.41. The molecule has 0 saturated heterocycles. The molecule has 15 heavy (non-hydrogen) atoms. The van der Waals surface area contributed by atoms with Crippen LogP contribution >= 0.6 is 0 Å². The van der Waals surface area contributed by atoms with Crippen molar-refractivity contribution >= 4 is 10.9 Å². The first kappa shape index (κ1) is 9.30. The van der Waals surface area contributed by atoms with Gasteiger partial charge in [0.1, 0.15) is 5.92 Å². The Bertz CT molecular complexity index is 540. The number of benzene rings is 1. The number of aromatic nitrogens is 1. The van der Waals surface area contributed by atoms with Gasteiger partial charge in [-0.05, 0) is 17.0 Å². The lowest BCUT2D eigenvalue weighted by Crippen LogP contribution is -1.98. The van der Waals surface area contributed by atoms with Gasteiger partial charge in [0.15, 0.2) is 0 Å². The SMILES string of the molecule is N#CC(C#N)Cc1cccc2cc[nH]c12. The Morgan fingerprint density at radius 1 is 1.20 bits per heavy atom. The molecule has 0 atom stereocenters. The molecule has 3 heteroatoms. The third kappa shape index (κ3) is 1.68. The maximum atomic E-state index is 8.73. The first-order chi connectivity index (χ1) is 7.35. The zero-order valence-electron chi connectivity index (χ0n) is 8.07. The van der Waals surface area contributed by atoms with Gasteiger partial charge in [-0.25, -0.2) is 0 Å². The van der Waals surface area contributed by atoms with Crippen LogP contribution in [0.2, 0.25) is 0 Å². The molecule has 0 bridgehead atoms. The van der Waals surface area contributed by atoms with Crippen LogP contribution in [0.3, 0.4) is 0 Å². The fourth-order valence-electron chi connectivity index (χ4n) is 1.66. The molecule has 1 aromatic carbocycles. The highest BCUT2D eigenvalue weighted by Gasteiger charge is 2.09. The van der Waals surface area contributed by atoms with Gasteiger partial charge in [0.2, 0.25) is 0 Å². The molecule has 0 fully saturated rings. The fraction of sp³-hybridized carbons (Fsp3) is 0.167. The van der Waals surface area contributed by atoms with E-state index in [1.165, 1.54) is 0 Å². The number of rotatable bonds is 2. The summed E-state index contributed by atoms with van der Waals surface area (Å²) in [5.74, 6) is -0.570. The Morgan fingerprint density at radius 2 is 2.00 bits per heavy atom. The van der Waals surface area contributed by atoms with E-state index in [0.717, 1.165) is 16.5 Å². The van der Waals surface area contributed by atoms with E-state index in [1.54, 1.807) is 0 Å². The summed E-state index contributed by atoms with van der Waals surface area (Å²) in [4.78, 5) is 3.12. The van der Waals surface area contributed by atoms with Gasteiger partial charge in [0.25, 0.3) is 0 Å². The van der Waals surface area contributed by atoms with Crippen LogP contribution in [-0.4, -0.2) is 4.98 Å². The quantitative estimate of drug-likeness (QED) is 0.799. The van der Waals surface area contributed by atoms with Crippen molar-refractivity contribution in [2.45, 2.75) is 6.42 Å². The minimum atomic E-state index is -0.570. The van der Waals surface area contributed by atoms with Gasteiger partial charge in [-0.1, -0.05) is 18.2 Å². The van der Waals surface area contributed by atoms with E-state index in [-0.39, 0.29) is 0 Å². The molecule has 0 aliphatic carbocycles. The second-order valence-electron chi connectivity index (χ2n) is 3.37. The summed E-state index contributed by atoms with van der Waals surface area (Å²) in [7, 11) is 0.